The fraction of sp³-hybridized carbons (Fsp3) is 0.250. The van der Waals surface area contributed by atoms with Crippen LogP contribution in [-0.2, 0) is 16.9 Å². The molecule has 114 valence electrons. The van der Waals surface area contributed by atoms with E-state index < -0.39 is 9.84 Å². The SMILES string of the molecule is Cc1cc(-c2cncc3c2c(C)nn3C)ccc1S(C)(=O)=O. The van der Waals surface area contributed by atoms with Gasteiger partial charge in [0.25, 0.3) is 0 Å². The van der Waals surface area contributed by atoms with Crippen LogP contribution in [-0.4, -0.2) is 29.4 Å². The number of nitrogens with zero attached hydrogens (tertiary/aromatic N) is 3. The molecule has 3 rings (SSSR count). The molecular weight excluding hydrogens is 298 g/mol. The number of aryl methyl sites for hydroxylation is 3. The van der Waals surface area contributed by atoms with E-state index in [1.165, 1.54) is 6.26 Å². The monoisotopic (exact) mass is 315 g/mol. The number of rotatable bonds is 2. The molecule has 2 aromatic heterocycles. The Morgan fingerprint density at radius 3 is 2.50 bits per heavy atom. The van der Waals surface area contributed by atoms with Crippen molar-refractivity contribution in [2.75, 3.05) is 6.26 Å². The smallest absolute Gasteiger partial charge is 0.175 e. The molecule has 0 aliphatic carbocycles. The maximum absolute atomic E-state index is 11.7. The molecule has 0 radical (unpaired) electrons. The minimum Gasteiger partial charge on any atom is -0.266 e. The van der Waals surface area contributed by atoms with Crippen molar-refractivity contribution in [3.63, 3.8) is 0 Å². The van der Waals surface area contributed by atoms with Gasteiger partial charge in [0.15, 0.2) is 9.84 Å². The van der Waals surface area contributed by atoms with E-state index in [0.29, 0.717) is 4.90 Å². The summed E-state index contributed by atoms with van der Waals surface area (Å²) in [5.41, 5.74) is 4.53. The predicted octanol–water partition coefficient (Wildman–Crippen LogP) is 2.66. The molecule has 0 N–H and O–H groups in total. The van der Waals surface area contributed by atoms with Crippen LogP contribution in [0, 0.1) is 13.8 Å². The molecule has 0 unspecified atom stereocenters. The van der Waals surface area contributed by atoms with Crippen molar-refractivity contribution in [2.24, 2.45) is 7.05 Å². The van der Waals surface area contributed by atoms with Crippen molar-refractivity contribution in [3.8, 4) is 11.1 Å². The highest BCUT2D eigenvalue weighted by Gasteiger charge is 2.15. The largest absolute Gasteiger partial charge is 0.266 e. The Labute approximate surface area is 129 Å². The molecular formula is C16H17N3O2S. The maximum atomic E-state index is 11.7. The second kappa shape index (κ2) is 4.91. The molecule has 0 amide bonds. The van der Waals surface area contributed by atoms with Gasteiger partial charge >= 0.3 is 0 Å². The number of aromatic nitrogens is 3. The average molecular weight is 315 g/mol. The average Bonchev–Trinajstić information content (AvgIpc) is 2.73. The highest BCUT2D eigenvalue weighted by molar-refractivity contribution is 7.90. The van der Waals surface area contributed by atoms with E-state index in [1.807, 2.05) is 33.0 Å². The normalized spacial score (nSPS) is 12.0. The zero-order valence-electron chi connectivity index (χ0n) is 13.0. The van der Waals surface area contributed by atoms with Gasteiger partial charge in [-0.3, -0.25) is 9.67 Å². The molecule has 0 bridgehead atoms. The summed E-state index contributed by atoms with van der Waals surface area (Å²) in [4.78, 5) is 4.65. The molecule has 0 fully saturated rings. The van der Waals surface area contributed by atoms with Gasteiger partial charge in [-0.15, -0.1) is 0 Å². The van der Waals surface area contributed by atoms with E-state index >= 15 is 0 Å². The van der Waals surface area contributed by atoms with Crippen molar-refractivity contribution in [1.82, 2.24) is 14.8 Å². The van der Waals surface area contributed by atoms with E-state index in [1.54, 1.807) is 23.1 Å². The number of hydrogen-bond donors (Lipinski definition) is 0. The van der Waals surface area contributed by atoms with E-state index in [9.17, 15) is 8.42 Å². The van der Waals surface area contributed by atoms with Crippen LogP contribution in [0.1, 0.15) is 11.3 Å². The Balaban J connectivity index is 2.27. The number of pyridine rings is 1. The number of hydrogen-bond acceptors (Lipinski definition) is 4. The Bertz CT molecular complexity index is 988. The molecule has 3 aromatic rings. The number of benzene rings is 1. The lowest BCUT2D eigenvalue weighted by atomic mass is 10.0. The van der Waals surface area contributed by atoms with Crippen molar-refractivity contribution in [3.05, 3.63) is 41.9 Å². The lowest BCUT2D eigenvalue weighted by Gasteiger charge is -2.08. The zero-order valence-corrected chi connectivity index (χ0v) is 13.8. The molecule has 5 nitrogen and oxygen atoms in total. The van der Waals surface area contributed by atoms with Gasteiger partial charge in [-0.1, -0.05) is 12.1 Å². The third-order valence-corrected chi connectivity index (χ3v) is 5.08. The van der Waals surface area contributed by atoms with Crippen LogP contribution in [0.4, 0.5) is 0 Å². The summed E-state index contributed by atoms with van der Waals surface area (Å²) in [6, 6.07) is 5.37. The van der Waals surface area contributed by atoms with Crippen LogP contribution in [0.5, 0.6) is 0 Å². The van der Waals surface area contributed by atoms with Gasteiger partial charge in [0.1, 0.15) is 0 Å². The minimum absolute atomic E-state index is 0.360. The summed E-state index contributed by atoms with van der Waals surface area (Å²) in [5.74, 6) is 0. The van der Waals surface area contributed by atoms with Crippen molar-refractivity contribution in [1.29, 1.82) is 0 Å². The number of fused-ring (bicyclic) bond motifs is 1. The second-order valence-electron chi connectivity index (χ2n) is 5.54. The third kappa shape index (κ3) is 2.29. The summed E-state index contributed by atoms with van der Waals surface area (Å²) >= 11 is 0. The van der Waals surface area contributed by atoms with Gasteiger partial charge in [-0.2, -0.15) is 5.10 Å². The highest BCUT2D eigenvalue weighted by atomic mass is 32.2. The quantitative estimate of drug-likeness (QED) is 0.729. The first kappa shape index (κ1) is 14.7. The molecule has 0 spiro atoms. The van der Waals surface area contributed by atoms with Crippen LogP contribution in [0.3, 0.4) is 0 Å². The van der Waals surface area contributed by atoms with E-state index in [2.05, 4.69) is 10.1 Å². The summed E-state index contributed by atoms with van der Waals surface area (Å²) in [5, 5.41) is 5.48. The molecule has 6 heteroatoms. The molecule has 22 heavy (non-hydrogen) atoms. The zero-order chi connectivity index (χ0) is 16.1. The summed E-state index contributed by atoms with van der Waals surface area (Å²) in [7, 11) is -1.32. The van der Waals surface area contributed by atoms with Gasteiger partial charge < -0.3 is 0 Å². The summed E-state index contributed by atoms with van der Waals surface area (Å²) in [6.45, 7) is 3.77. The maximum Gasteiger partial charge on any atom is 0.175 e. The predicted molar refractivity (Wildman–Crippen MR) is 86.5 cm³/mol. The lowest BCUT2D eigenvalue weighted by Crippen LogP contribution is -2.00. The van der Waals surface area contributed by atoms with Crippen molar-refractivity contribution >= 4 is 20.7 Å². The first-order valence-corrected chi connectivity index (χ1v) is 8.76. The second-order valence-corrected chi connectivity index (χ2v) is 7.53. The van der Waals surface area contributed by atoms with Crippen LogP contribution in [0.2, 0.25) is 0 Å². The lowest BCUT2D eigenvalue weighted by molar-refractivity contribution is 0.601. The van der Waals surface area contributed by atoms with Gasteiger partial charge in [0.05, 0.1) is 22.3 Å². The Hall–Kier alpha value is -2.21. The van der Waals surface area contributed by atoms with Crippen LogP contribution in [0.15, 0.2) is 35.5 Å². The summed E-state index contributed by atoms with van der Waals surface area (Å²) < 4.78 is 25.3. The van der Waals surface area contributed by atoms with Gasteiger partial charge in [0, 0.05) is 30.4 Å². The van der Waals surface area contributed by atoms with Crippen molar-refractivity contribution < 1.29 is 8.42 Å². The number of sulfone groups is 1. The molecule has 0 saturated carbocycles. The Kier molecular flexibility index (Phi) is 3.29. The third-order valence-electron chi connectivity index (χ3n) is 3.82. The van der Waals surface area contributed by atoms with Gasteiger partial charge in [0.2, 0.25) is 0 Å². The molecule has 0 aliphatic rings. The Morgan fingerprint density at radius 1 is 1.14 bits per heavy atom. The van der Waals surface area contributed by atoms with Crippen LogP contribution in [0.25, 0.3) is 22.0 Å². The molecule has 0 atom stereocenters. The first-order valence-electron chi connectivity index (χ1n) is 6.87. The Morgan fingerprint density at radius 2 is 1.86 bits per heavy atom. The van der Waals surface area contributed by atoms with Crippen molar-refractivity contribution in [2.45, 2.75) is 18.7 Å². The standard InChI is InChI=1S/C16H17N3O2S/c1-10-7-12(5-6-15(10)22(4,20)21)13-8-17-9-14-16(13)11(2)18-19(14)3/h5-9H,1-4H3. The summed E-state index contributed by atoms with van der Waals surface area (Å²) in [6.07, 6.45) is 4.81. The van der Waals surface area contributed by atoms with Crippen LogP contribution < -0.4 is 0 Å². The minimum atomic E-state index is -3.21. The molecule has 0 aliphatic heterocycles. The first-order chi connectivity index (χ1) is 10.3. The topological polar surface area (TPSA) is 64.8 Å². The van der Waals surface area contributed by atoms with E-state index in [-0.39, 0.29) is 0 Å². The fourth-order valence-corrected chi connectivity index (χ4v) is 3.81. The van der Waals surface area contributed by atoms with Gasteiger partial charge in [-0.25, -0.2) is 8.42 Å². The van der Waals surface area contributed by atoms with Crippen LogP contribution >= 0.6 is 0 Å². The van der Waals surface area contributed by atoms with Gasteiger partial charge in [-0.05, 0) is 31.0 Å². The molecule has 2 heterocycles. The van der Waals surface area contributed by atoms with E-state index in [4.69, 9.17) is 0 Å². The molecule has 0 saturated heterocycles. The fourth-order valence-electron chi connectivity index (χ4n) is 2.86. The van der Waals surface area contributed by atoms with E-state index in [0.717, 1.165) is 33.3 Å². The highest BCUT2D eigenvalue weighted by Crippen LogP contribution is 2.31. The molecule has 1 aromatic carbocycles.